The van der Waals surface area contributed by atoms with Gasteiger partial charge in [0.1, 0.15) is 6.04 Å². The molecule has 0 aliphatic carbocycles. The van der Waals surface area contributed by atoms with Crippen molar-refractivity contribution >= 4 is 24.4 Å². The van der Waals surface area contributed by atoms with Gasteiger partial charge >= 0.3 is 0 Å². The van der Waals surface area contributed by atoms with Crippen LogP contribution in [0.15, 0.2) is 0 Å². The third-order valence-corrected chi connectivity index (χ3v) is 1.55. The van der Waals surface area contributed by atoms with Crippen LogP contribution in [0, 0.1) is 0 Å². The van der Waals surface area contributed by atoms with Crippen molar-refractivity contribution in [3.63, 3.8) is 0 Å². The molecule has 0 rings (SSSR count). The van der Waals surface area contributed by atoms with E-state index >= 15 is 0 Å². The highest BCUT2D eigenvalue weighted by Gasteiger charge is 2.12. The highest BCUT2D eigenvalue weighted by atomic mass is 32.1. The van der Waals surface area contributed by atoms with Gasteiger partial charge in [0.05, 0.1) is 5.75 Å². The second-order valence-electron chi connectivity index (χ2n) is 2.34. The Kier molecular flexibility index (Phi) is 5.53. The Morgan fingerprint density at radius 1 is 1.50 bits per heavy atom. The fourth-order valence-electron chi connectivity index (χ4n) is 0.680. The first-order chi connectivity index (χ1) is 5.61. The molecule has 2 N–H and O–H groups in total. The Balaban J connectivity index is 3.78. The Morgan fingerprint density at radius 3 is 2.50 bits per heavy atom. The van der Waals surface area contributed by atoms with E-state index in [-0.39, 0.29) is 17.6 Å². The lowest BCUT2D eigenvalue weighted by Gasteiger charge is -2.11. The molecule has 0 aromatic heterocycles. The molecular weight excluding hydrogens is 176 g/mol. The molecule has 5 heteroatoms. The van der Waals surface area contributed by atoms with E-state index in [4.69, 9.17) is 0 Å². The van der Waals surface area contributed by atoms with E-state index in [1.807, 2.05) is 6.92 Å². The summed E-state index contributed by atoms with van der Waals surface area (Å²) in [5.41, 5.74) is 0. The third kappa shape index (κ3) is 4.23. The van der Waals surface area contributed by atoms with Gasteiger partial charge in [0.25, 0.3) is 0 Å². The second-order valence-corrected chi connectivity index (χ2v) is 2.66. The summed E-state index contributed by atoms with van der Waals surface area (Å²) in [5, 5.41) is 5.08. The van der Waals surface area contributed by atoms with Crippen molar-refractivity contribution in [3.8, 4) is 0 Å². The molecule has 0 saturated carbocycles. The summed E-state index contributed by atoms with van der Waals surface area (Å²) in [6.45, 7) is 4.03. The number of carbonyl (C=O) groups excluding carboxylic acids is 2. The number of hydrogen-bond donors (Lipinski definition) is 3. The molecule has 0 radical (unpaired) electrons. The lowest BCUT2D eigenvalue weighted by molar-refractivity contribution is -0.127. The van der Waals surface area contributed by atoms with Gasteiger partial charge in [-0.3, -0.25) is 9.59 Å². The minimum Gasteiger partial charge on any atom is -0.355 e. The Bertz CT molecular complexity index is 173. The fraction of sp³-hybridized carbons (Fsp3) is 0.714. The zero-order valence-corrected chi connectivity index (χ0v) is 8.15. The number of nitrogens with one attached hydrogen (secondary N) is 2. The quantitative estimate of drug-likeness (QED) is 0.526. The van der Waals surface area contributed by atoms with Crippen LogP contribution in [-0.4, -0.2) is 30.2 Å². The van der Waals surface area contributed by atoms with Gasteiger partial charge in [0, 0.05) is 6.54 Å². The molecule has 0 bridgehead atoms. The van der Waals surface area contributed by atoms with Crippen LogP contribution < -0.4 is 10.6 Å². The smallest absolute Gasteiger partial charge is 0.242 e. The number of likely N-dealkylation sites (N-methyl/N-ethyl adjacent to an activating group) is 1. The predicted octanol–water partition coefficient (Wildman–Crippen LogP) is -0.443. The minimum absolute atomic E-state index is 0.101. The Labute approximate surface area is 77.5 Å². The van der Waals surface area contributed by atoms with Crippen molar-refractivity contribution in [2.75, 3.05) is 12.3 Å². The maximum absolute atomic E-state index is 11.0. The van der Waals surface area contributed by atoms with Crippen molar-refractivity contribution in [2.24, 2.45) is 0 Å². The molecule has 1 atom stereocenters. The first kappa shape index (κ1) is 11.3. The summed E-state index contributed by atoms with van der Waals surface area (Å²) < 4.78 is 0. The second kappa shape index (κ2) is 5.88. The molecule has 0 aliphatic heterocycles. The molecule has 2 amide bonds. The van der Waals surface area contributed by atoms with Crippen LogP contribution in [-0.2, 0) is 9.59 Å². The third-order valence-electron chi connectivity index (χ3n) is 1.27. The molecule has 0 heterocycles. The van der Waals surface area contributed by atoms with Crippen LogP contribution in [0.25, 0.3) is 0 Å². The first-order valence-electron chi connectivity index (χ1n) is 3.79. The summed E-state index contributed by atoms with van der Waals surface area (Å²) in [7, 11) is 0. The van der Waals surface area contributed by atoms with Crippen molar-refractivity contribution in [1.29, 1.82) is 0 Å². The SMILES string of the molecule is CCNC(=O)C(C)NC(=O)CS. The molecule has 0 saturated heterocycles. The van der Waals surface area contributed by atoms with Crippen LogP contribution >= 0.6 is 12.6 Å². The van der Waals surface area contributed by atoms with E-state index in [9.17, 15) is 9.59 Å². The van der Waals surface area contributed by atoms with Crippen molar-refractivity contribution in [2.45, 2.75) is 19.9 Å². The molecular formula is C7H14N2O2S. The zero-order chi connectivity index (χ0) is 9.56. The molecule has 0 aromatic carbocycles. The summed E-state index contributed by atoms with van der Waals surface area (Å²) in [6, 6.07) is -0.482. The summed E-state index contributed by atoms with van der Waals surface area (Å²) in [5.74, 6) is -0.311. The van der Waals surface area contributed by atoms with Crippen molar-refractivity contribution in [3.05, 3.63) is 0 Å². The van der Waals surface area contributed by atoms with Gasteiger partial charge in [-0.1, -0.05) is 0 Å². The van der Waals surface area contributed by atoms with Crippen molar-refractivity contribution in [1.82, 2.24) is 10.6 Å². The van der Waals surface area contributed by atoms with Crippen LogP contribution in [0.4, 0.5) is 0 Å². The topological polar surface area (TPSA) is 58.2 Å². The summed E-state index contributed by atoms with van der Waals surface area (Å²) in [6.07, 6.45) is 0. The Morgan fingerprint density at radius 2 is 2.08 bits per heavy atom. The average molecular weight is 190 g/mol. The number of thiol groups is 1. The molecule has 12 heavy (non-hydrogen) atoms. The van der Waals surface area contributed by atoms with Crippen LogP contribution in [0.2, 0.25) is 0 Å². The average Bonchev–Trinajstić information content (AvgIpc) is 2.04. The fourth-order valence-corrected chi connectivity index (χ4v) is 0.771. The van der Waals surface area contributed by atoms with Gasteiger partial charge in [-0.2, -0.15) is 12.6 Å². The summed E-state index contributed by atoms with van der Waals surface area (Å²) in [4.78, 5) is 21.8. The van der Waals surface area contributed by atoms with Crippen LogP contribution in [0.5, 0.6) is 0 Å². The lowest BCUT2D eigenvalue weighted by atomic mass is 10.3. The first-order valence-corrected chi connectivity index (χ1v) is 4.43. The van der Waals surface area contributed by atoms with Gasteiger partial charge in [0.15, 0.2) is 0 Å². The number of carbonyl (C=O) groups is 2. The highest BCUT2D eigenvalue weighted by molar-refractivity contribution is 7.81. The number of hydrogen-bond acceptors (Lipinski definition) is 3. The van der Waals surface area contributed by atoms with E-state index < -0.39 is 6.04 Å². The molecule has 0 fully saturated rings. The standard InChI is InChI=1S/C7H14N2O2S/c1-3-8-7(11)5(2)9-6(10)4-12/h5,12H,3-4H2,1-2H3,(H,8,11)(H,9,10). The maximum atomic E-state index is 11.0. The maximum Gasteiger partial charge on any atom is 0.242 e. The number of rotatable bonds is 4. The van der Waals surface area contributed by atoms with Gasteiger partial charge < -0.3 is 10.6 Å². The lowest BCUT2D eigenvalue weighted by Crippen LogP contribution is -2.45. The van der Waals surface area contributed by atoms with Crippen molar-refractivity contribution < 1.29 is 9.59 Å². The predicted molar refractivity (Wildman–Crippen MR) is 50.1 cm³/mol. The highest BCUT2D eigenvalue weighted by Crippen LogP contribution is 1.83. The summed E-state index contributed by atoms with van der Waals surface area (Å²) >= 11 is 3.77. The largest absolute Gasteiger partial charge is 0.355 e. The molecule has 0 aliphatic rings. The Hall–Kier alpha value is -0.710. The molecule has 4 nitrogen and oxygen atoms in total. The van der Waals surface area contributed by atoms with Crippen LogP contribution in [0.3, 0.4) is 0 Å². The molecule has 0 spiro atoms. The number of amides is 2. The van der Waals surface area contributed by atoms with Gasteiger partial charge in [-0.25, -0.2) is 0 Å². The van der Waals surface area contributed by atoms with E-state index in [0.29, 0.717) is 6.54 Å². The van der Waals surface area contributed by atoms with Gasteiger partial charge in [-0.05, 0) is 13.8 Å². The molecule has 70 valence electrons. The zero-order valence-electron chi connectivity index (χ0n) is 7.26. The monoisotopic (exact) mass is 190 g/mol. The van der Waals surface area contributed by atoms with Gasteiger partial charge in [-0.15, -0.1) is 0 Å². The normalized spacial score (nSPS) is 11.9. The van der Waals surface area contributed by atoms with Crippen LogP contribution in [0.1, 0.15) is 13.8 Å². The van der Waals surface area contributed by atoms with E-state index in [0.717, 1.165) is 0 Å². The van der Waals surface area contributed by atoms with E-state index in [1.165, 1.54) is 0 Å². The van der Waals surface area contributed by atoms with E-state index in [1.54, 1.807) is 6.92 Å². The molecule has 0 aromatic rings. The van der Waals surface area contributed by atoms with Gasteiger partial charge in [0.2, 0.25) is 11.8 Å². The van der Waals surface area contributed by atoms with E-state index in [2.05, 4.69) is 23.3 Å². The minimum atomic E-state index is -0.482. The molecule has 1 unspecified atom stereocenters.